The molecule has 1 aromatic rings. The number of rotatable bonds is 5. The van der Waals surface area contributed by atoms with Crippen molar-refractivity contribution >= 4 is 22.0 Å². The van der Waals surface area contributed by atoms with E-state index in [0.29, 0.717) is 31.6 Å². The Morgan fingerprint density at radius 1 is 1.23 bits per heavy atom. The molecule has 0 unspecified atom stereocenters. The van der Waals surface area contributed by atoms with Crippen molar-refractivity contribution in [1.82, 2.24) is 14.5 Å². The Kier molecular flexibility index (Phi) is 5.16. The number of alkyl carbamates (subject to hydrolysis) is 1. The van der Waals surface area contributed by atoms with Crippen molar-refractivity contribution in [2.24, 2.45) is 5.41 Å². The maximum Gasteiger partial charge on any atom is 0.417 e. The van der Waals surface area contributed by atoms with E-state index in [1.807, 2.05) is 0 Å². The molecule has 2 amide bonds. The Bertz CT molecular complexity index is 1020. The van der Waals surface area contributed by atoms with E-state index in [-0.39, 0.29) is 44.1 Å². The highest BCUT2D eigenvalue weighted by molar-refractivity contribution is 7.89. The van der Waals surface area contributed by atoms with Crippen LogP contribution in [0.15, 0.2) is 23.1 Å². The molecule has 13 heteroatoms. The third-order valence-electron chi connectivity index (χ3n) is 5.74. The van der Waals surface area contributed by atoms with Crippen molar-refractivity contribution in [3.63, 3.8) is 0 Å². The number of likely N-dealkylation sites (tertiary alicyclic amines) is 1. The first-order valence-electron chi connectivity index (χ1n) is 9.48. The summed E-state index contributed by atoms with van der Waals surface area (Å²) in [5, 5.41) is 2.57. The molecule has 0 saturated carbocycles. The van der Waals surface area contributed by atoms with Gasteiger partial charge >= 0.3 is 12.3 Å². The zero-order valence-electron chi connectivity index (χ0n) is 16.1. The molecule has 3 saturated heterocycles. The molecule has 0 bridgehead atoms. The normalized spacial score (nSPS) is 23.2. The van der Waals surface area contributed by atoms with Gasteiger partial charge in [-0.15, -0.1) is 0 Å². The first kappa shape index (κ1) is 21.8. The highest BCUT2D eigenvalue weighted by Crippen LogP contribution is 2.44. The minimum Gasteiger partial charge on any atom is -0.447 e. The Balaban J connectivity index is 1.34. The Hall–Kier alpha value is -2.41. The highest BCUT2D eigenvalue weighted by atomic mass is 32.2. The first-order valence-corrected chi connectivity index (χ1v) is 10.9. The third-order valence-corrected chi connectivity index (χ3v) is 7.59. The van der Waals surface area contributed by atoms with Crippen molar-refractivity contribution in [1.29, 1.82) is 0 Å². The molecular weight excluding hydrogens is 446 g/mol. The van der Waals surface area contributed by atoms with Gasteiger partial charge in [-0.3, -0.25) is 4.79 Å². The number of cyclic esters (lactones) is 1. The molecule has 3 aliphatic rings. The standard InChI is InChI=1S/C18H19F4N3O5S/c19-11-1-3-14(13(5-11)18(20,21)22)31(28,29)25-9-17(10-25)7-24(8-17)15(26)4-2-12-6-30-16(27)23-12/h1,3,5,12H,2,4,6-10H2,(H,23,27)/t12-/m1/s1. The summed E-state index contributed by atoms with van der Waals surface area (Å²) in [6.07, 6.45) is -4.93. The molecule has 4 rings (SSSR count). The number of sulfonamides is 1. The highest BCUT2D eigenvalue weighted by Gasteiger charge is 2.57. The lowest BCUT2D eigenvalue weighted by molar-refractivity contribution is -0.152. The largest absolute Gasteiger partial charge is 0.447 e. The summed E-state index contributed by atoms with van der Waals surface area (Å²) in [4.78, 5) is 23.8. The fraction of sp³-hybridized carbons (Fsp3) is 0.556. The van der Waals surface area contributed by atoms with Gasteiger partial charge in [0.2, 0.25) is 15.9 Å². The number of hydrogen-bond acceptors (Lipinski definition) is 5. The summed E-state index contributed by atoms with van der Waals surface area (Å²) >= 11 is 0. The molecule has 1 spiro atoms. The number of benzene rings is 1. The van der Waals surface area contributed by atoms with Gasteiger partial charge in [0.15, 0.2) is 0 Å². The number of carbonyl (C=O) groups is 2. The van der Waals surface area contributed by atoms with Crippen LogP contribution in [0.25, 0.3) is 0 Å². The van der Waals surface area contributed by atoms with E-state index in [1.54, 1.807) is 4.90 Å². The average Bonchev–Trinajstić information content (AvgIpc) is 3.01. The van der Waals surface area contributed by atoms with Crippen LogP contribution in [-0.4, -0.2) is 68.5 Å². The van der Waals surface area contributed by atoms with Crippen molar-refractivity contribution < 1.29 is 40.3 Å². The predicted octanol–water partition coefficient (Wildman–Crippen LogP) is 1.57. The average molecular weight is 465 g/mol. The molecule has 3 aliphatic heterocycles. The molecule has 0 aliphatic carbocycles. The quantitative estimate of drug-likeness (QED) is 0.666. The third kappa shape index (κ3) is 4.07. The van der Waals surface area contributed by atoms with E-state index in [0.717, 1.165) is 4.31 Å². The second-order valence-electron chi connectivity index (χ2n) is 8.14. The van der Waals surface area contributed by atoms with Gasteiger partial charge in [0.05, 0.1) is 16.5 Å². The smallest absolute Gasteiger partial charge is 0.417 e. The minimum atomic E-state index is -5.02. The Morgan fingerprint density at radius 3 is 2.48 bits per heavy atom. The summed E-state index contributed by atoms with van der Waals surface area (Å²) in [6, 6.07) is 1.25. The molecule has 1 N–H and O–H groups in total. The lowest BCUT2D eigenvalue weighted by Crippen LogP contribution is -2.73. The molecule has 0 aromatic heterocycles. The predicted molar refractivity (Wildman–Crippen MR) is 96.7 cm³/mol. The zero-order chi connectivity index (χ0) is 22.6. The molecular formula is C18H19F4N3O5S. The van der Waals surface area contributed by atoms with Crippen LogP contribution in [0.4, 0.5) is 22.4 Å². The van der Waals surface area contributed by atoms with E-state index in [2.05, 4.69) is 5.32 Å². The fourth-order valence-corrected chi connectivity index (χ4v) is 6.00. The van der Waals surface area contributed by atoms with Crippen LogP contribution in [0, 0.1) is 11.2 Å². The lowest BCUT2D eigenvalue weighted by atomic mass is 9.74. The maximum atomic E-state index is 13.3. The maximum absolute atomic E-state index is 13.3. The second-order valence-corrected chi connectivity index (χ2v) is 10.0. The van der Waals surface area contributed by atoms with E-state index in [9.17, 15) is 35.6 Å². The molecule has 3 heterocycles. The van der Waals surface area contributed by atoms with Gasteiger partial charge in [0.1, 0.15) is 12.4 Å². The van der Waals surface area contributed by atoms with E-state index >= 15 is 0 Å². The Morgan fingerprint density at radius 2 is 1.90 bits per heavy atom. The number of nitrogens with one attached hydrogen (secondary N) is 1. The second kappa shape index (κ2) is 7.33. The molecule has 8 nitrogen and oxygen atoms in total. The van der Waals surface area contributed by atoms with Gasteiger partial charge in [0.25, 0.3) is 0 Å². The van der Waals surface area contributed by atoms with Gasteiger partial charge in [-0.25, -0.2) is 17.6 Å². The van der Waals surface area contributed by atoms with Crippen LogP contribution >= 0.6 is 0 Å². The fourth-order valence-electron chi connectivity index (χ4n) is 4.14. The van der Waals surface area contributed by atoms with Crippen molar-refractivity contribution in [3.05, 3.63) is 29.6 Å². The van der Waals surface area contributed by atoms with Crippen molar-refractivity contribution in [2.75, 3.05) is 32.8 Å². The van der Waals surface area contributed by atoms with Crippen molar-refractivity contribution in [2.45, 2.75) is 30.0 Å². The van der Waals surface area contributed by atoms with Gasteiger partial charge < -0.3 is 15.0 Å². The summed E-state index contributed by atoms with van der Waals surface area (Å²) in [5.41, 5.74) is -2.02. The molecule has 31 heavy (non-hydrogen) atoms. The summed E-state index contributed by atoms with van der Waals surface area (Å²) in [7, 11) is -4.46. The van der Waals surface area contributed by atoms with Gasteiger partial charge in [-0.2, -0.15) is 17.5 Å². The number of halogens is 4. The van der Waals surface area contributed by atoms with Gasteiger partial charge in [-0.1, -0.05) is 0 Å². The van der Waals surface area contributed by atoms with Gasteiger partial charge in [-0.05, 0) is 24.6 Å². The summed E-state index contributed by atoms with van der Waals surface area (Å²) < 4.78 is 83.9. The minimum absolute atomic E-state index is 0.0136. The van der Waals surface area contributed by atoms with E-state index in [1.165, 1.54) is 0 Å². The number of ether oxygens (including phenoxy) is 1. The molecule has 3 fully saturated rings. The molecule has 1 aromatic carbocycles. The van der Waals surface area contributed by atoms with Crippen LogP contribution in [-0.2, 0) is 25.7 Å². The molecule has 170 valence electrons. The number of nitrogens with zero attached hydrogens (tertiary/aromatic N) is 2. The van der Waals surface area contributed by atoms with Crippen LogP contribution in [0.5, 0.6) is 0 Å². The van der Waals surface area contributed by atoms with Crippen molar-refractivity contribution in [3.8, 4) is 0 Å². The lowest BCUT2D eigenvalue weighted by Gasteiger charge is -2.59. The molecule has 1 atom stereocenters. The van der Waals surface area contributed by atoms with E-state index < -0.39 is 44.0 Å². The van der Waals surface area contributed by atoms with Crippen LogP contribution in [0.1, 0.15) is 18.4 Å². The topological polar surface area (TPSA) is 96.0 Å². The molecule has 0 radical (unpaired) electrons. The zero-order valence-corrected chi connectivity index (χ0v) is 16.9. The van der Waals surface area contributed by atoms with E-state index in [4.69, 9.17) is 4.74 Å². The summed E-state index contributed by atoms with van der Waals surface area (Å²) in [6.45, 7) is 0.786. The number of hydrogen-bond donors (Lipinski definition) is 1. The number of carbonyl (C=O) groups excluding carboxylic acids is 2. The number of alkyl halides is 3. The Labute approximate surface area is 175 Å². The van der Waals surface area contributed by atoms with Gasteiger partial charge in [0, 0.05) is 38.0 Å². The SMILES string of the molecule is O=C1N[C@H](CCC(=O)N2CC3(C2)CN(S(=O)(=O)c2ccc(F)cc2C(F)(F)F)C3)CO1. The first-order chi connectivity index (χ1) is 14.4. The van der Waals surface area contributed by atoms with Crippen LogP contribution in [0.2, 0.25) is 0 Å². The summed E-state index contributed by atoms with van der Waals surface area (Å²) in [5.74, 6) is -1.32. The van der Waals surface area contributed by atoms with Crippen LogP contribution in [0.3, 0.4) is 0 Å². The van der Waals surface area contributed by atoms with Crippen LogP contribution < -0.4 is 5.32 Å². The number of amides is 2. The monoisotopic (exact) mass is 465 g/mol.